The van der Waals surface area contributed by atoms with Gasteiger partial charge in [-0.15, -0.1) is 0 Å². The van der Waals surface area contributed by atoms with Crippen LogP contribution >= 0.6 is 0 Å². The van der Waals surface area contributed by atoms with E-state index in [2.05, 4.69) is 12.2 Å². The maximum Gasteiger partial charge on any atom is 0.261 e. The first-order chi connectivity index (χ1) is 14.5. The van der Waals surface area contributed by atoms with Gasteiger partial charge < -0.3 is 14.8 Å². The van der Waals surface area contributed by atoms with Gasteiger partial charge in [-0.05, 0) is 60.4 Å². The van der Waals surface area contributed by atoms with Crippen LogP contribution in [-0.4, -0.2) is 12.0 Å². The van der Waals surface area contributed by atoms with Gasteiger partial charge in [-0.3, -0.25) is 4.79 Å². The van der Waals surface area contributed by atoms with Gasteiger partial charge in [0, 0.05) is 6.54 Å². The lowest BCUT2D eigenvalue weighted by Crippen LogP contribution is -2.36. The van der Waals surface area contributed by atoms with E-state index in [4.69, 9.17) is 9.47 Å². The third-order valence-electron chi connectivity index (χ3n) is 4.74. The van der Waals surface area contributed by atoms with Gasteiger partial charge in [0.15, 0.2) is 6.10 Å². The maximum atomic E-state index is 12.9. The Labute approximate surface area is 176 Å². The van der Waals surface area contributed by atoms with Gasteiger partial charge in [0.1, 0.15) is 23.9 Å². The molecule has 3 rings (SSSR count). The van der Waals surface area contributed by atoms with Crippen molar-refractivity contribution >= 4 is 5.91 Å². The lowest BCUT2D eigenvalue weighted by molar-refractivity contribution is -0.127. The van der Waals surface area contributed by atoms with Crippen molar-refractivity contribution in [3.63, 3.8) is 0 Å². The van der Waals surface area contributed by atoms with Gasteiger partial charge in [-0.1, -0.05) is 49.4 Å². The van der Waals surface area contributed by atoms with E-state index in [1.165, 1.54) is 12.1 Å². The molecule has 0 radical (unpaired) electrons. The quantitative estimate of drug-likeness (QED) is 0.540. The fourth-order valence-corrected chi connectivity index (χ4v) is 2.94. The largest absolute Gasteiger partial charge is 0.489 e. The number of hydrogen-bond donors (Lipinski definition) is 1. The molecule has 5 heteroatoms. The van der Waals surface area contributed by atoms with Crippen LogP contribution in [0.5, 0.6) is 11.5 Å². The van der Waals surface area contributed by atoms with E-state index >= 15 is 0 Å². The molecule has 156 valence electrons. The average molecular weight is 407 g/mol. The summed E-state index contributed by atoms with van der Waals surface area (Å²) in [6, 6.07) is 21.5. The van der Waals surface area contributed by atoms with Gasteiger partial charge in [0.05, 0.1) is 0 Å². The van der Waals surface area contributed by atoms with Crippen LogP contribution in [0.3, 0.4) is 0 Å². The fraction of sp³-hybridized carbons (Fsp3) is 0.240. The zero-order valence-corrected chi connectivity index (χ0v) is 17.2. The summed E-state index contributed by atoms with van der Waals surface area (Å²) in [6.45, 7) is 4.57. The highest BCUT2D eigenvalue weighted by molar-refractivity contribution is 5.80. The number of benzene rings is 3. The summed E-state index contributed by atoms with van der Waals surface area (Å²) in [6.07, 6.45) is 0.260. The van der Waals surface area contributed by atoms with Crippen molar-refractivity contribution in [3.8, 4) is 11.5 Å². The van der Waals surface area contributed by atoms with Crippen molar-refractivity contribution in [1.82, 2.24) is 5.32 Å². The molecule has 0 aliphatic carbocycles. The number of aryl methyl sites for hydroxylation is 1. The van der Waals surface area contributed by atoms with E-state index in [0.29, 0.717) is 18.9 Å². The molecule has 1 N–H and O–H groups in total. The average Bonchev–Trinajstić information content (AvgIpc) is 2.78. The molecule has 1 atom stereocenters. The van der Waals surface area contributed by atoms with Gasteiger partial charge in [0.25, 0.3) is 5.91 Å². The lowest BCUT2D eigenvalue weighted by Gasteiger charge is -2.17. The number of hydrogen-bond acceptors (Lipinski definition) is 3. The zero-order valence-electron chi connectivity index (χ0n) is 17.2. The van der Waals surface area contributed by atoms with Crippen molar-refractivity contribution in [2.24, 2.45) is 0 Å². The Morgan fingerprint density at radius 3 is 2.33 bits per heavy atom. The Morgan fingerprint density at radius 1 is 0.967 bits per heavy atom. The molecule has 3 aromatic rings. The van der Waals surface area contributed by atoms with Crippen LogP contribution in [0, 0.1) is 5.82 Å². The summed E-state index contributed by atoms with van der Waals surface area (Å²) in [5, 5.41) is 2.90. The van der Waals surface area contributed by atoms with Crippen molar-refractivity contribution in [1.29, 1.82) is 0 Å². The number of amides is 1. The minimum absolute atomic E-state index is 0.169. The second-order valence-electron chi connectivity index (χ2n) is 7.00. The van der Waals surface area contributed by atoms with Crippen molar-refractivity contribution in [2.45, 2.75) is 39.5 Å². The molecule has 3 aromatic carbocycles. The normalized spacial score (nSPS) is 11.6. The topological polar surface area (TPSA) is 47.6 Å². The van der Waals surface area contributed by atoms with Crippen LogP contribution in [0.1, 0.15) is 30.5 Å². The molecule has 0 bridgehead atoms. The third-order valence-corrected chi connectivity index (χ3v) is 4.74. The number of carbonyl (C=O) groups excluding carboxylic acids is 1. The van der Waals surface area contributed by atoms with Gasteiger partial charge in [-0.25, -0.2) is 4.39 Å². The first-order valence-corrected chi connectivity index (χ1v) is 10.0. The maximum absolute atomic E-state index is 12.9. The first-order valence-electron chi connectivity index (χ1n) is 10.0. The van der Waals surface area contributed by atoms with Crippen LogP contribution in [0.2, 0.25) is 0 Å². The predicted molar refractivity (Wildman–Crippen MR) is 115 cm³/mol. The number of halogens is 1. The molecule has 0 saturated heterocycles. The monoisotopic (exact) mass is 407 g/mol. The second kappa shape index (κ2) is 10.4. The number of rotatable bonds is 9. The van der Waals surface area contributed by atoms with E-state index in [1.54, 1.807) is 19.1 Å². The summed E-state index contributed by atoms with van der Waals surface area (Å²) < 4.78 is 24.5. The summed E-state index contributed by atoms with van der Waals surface area (Å²) >= 11 is 0. The van der Waals surface area contributed by atoms with Crippen molar-refractivity contribution in [2.75, 3.05) is 0 Å². The highest BCUT2D eigenvalue weighted by atomic mass is 19.1. The molecule has 1 unspecified atom stereocenters. The van der Waals surface area contributed by atoms with E-state index in [1.807, 2.05) is 48.5 Å². The Hall–Kier alpha value is -3.34. The molecular formula is C25H26FNO3. The lowest BCUT2D eigenvalue weighted by atomic mass is 10.1. The van der Waals surface area contributed by atoms with Gasteiger partial charge >= 0.3 is 0 Å². The molecule has 0 spiro atoms. The van der Waals surface area contributed by atoms with Crippen molar-refractivity contribution in [3.05, 3.63) is 95.3 Å². The standard InChI is InChI=1S/C25H26FNO3/c1-3-21-6-4-5-7-24(21)30-18(2)25(28)27-16-19-10-14-23(15-11-19)29-17-20-8-12-22(26)13-9-20/h4-15,18H,3,16-17H2,1-2H3,(H,27,28). The van der Waals surface area contributed by atoms with E-state index in [-0.39, 0.29) is 11.7 Å². The number of carbonyl (C=O) groups is 1. The molecule has 4 nitrogen and oxygen atoms in total. The summed E-state index contributed by atoms with van der Waals surface area (Å²) in [4.78, 5) is 12.4. The summed E-state index contributed by atoms with van der Waals surface area (Å²) in [5.74, 6) is 1.02. The number of nitrogens with one attached hydrogen (secondary N) is 1. The van der Waals surface area contributed by atoms with E-state index in [9.17, 15) is 9.18 Å². The van der Waals surface area contributed by atoms with E-state index in [0.717, 1.165) is 28.9 Å². The Bertz CT molecular complexity index is 955. The van der Waals surface area contributed by atoms with Crippen molar-refractivity contribution < 1.29 is 18.7 Å². The third kappa shape index (κ3) is 6.08. The Kier molecular flexibility index (Phi) is 7.44. The fourth-order valence-electron chi connectivity index (χ4n) is 2.94. The van der Waals surface area contributed by atoms with Gasteiger partial charge in [-0.2, -0.15) is 0 Å². The molecular weight excluding hydrogens is 381 g/mol. The minimum Gasteiger partial charge on any atom is -0.489 e. The molecule has 0 aliphatic rings. The molecule has 0 heterocycles. The molecule has 0 fully saturated rings. The number of ether oxygens (including phenoxy) is 2. The second-order valence-corrected chi connectivity index (χ2v) is 7.00. The molecule has 0 saturated carbocycles. The van der Waals surface area contributed by atoms with Crippen LogP contribution in [0.15, 0.2) is 72.8 Å². The Morgan fingerprint density at radius 2 is 1.63 bits per heavy atom. The number of para-hydroxylation sites is 1. The van der Waals surface area contributed by atoms with Crippen LogP contribution in [0.25, 0.3) is 0 Å². The molecule has 1 amide bonds. The van der Waals surface area contributed by atoms with Crippen LogP contribution < -0.4 is 14.8 Å². The highest BCUT2D eigenvalue weighted by Gasteiger charge is 2.15. The minimum atomic E-state index is -0.587. The SMILES string of the molecule is CCc1ccccc1OC(C)C(=O)NCc1ccc(OCc2ccc(F)cc2)cc1. The molecule has 0 aromatic heterocycles. The van der Waals surface area contributed by atoms with Crippen LogP contribution in [-0.2, 0) is 24.4 Å². The smallest absolute Gasteiger partial charge is 0.261 e. The van der Waals surface area contributed by atoms with Gasteiger partial charge in [0.2, 0.25) is 0 Å². The first kappa shape index (κ1) is 21.4. The predicted octanol–water partition coefficient (Wildman–Crippen LogP) is 5.05. The van der Waals surface area contributed by atoms with Crippen LogP contribution in [0.4, 0.5) is 4.39 Å². The zero-order chi connectivity index (χ0) is 21.3. The molecule has 0 aliphatic heterocycles. The highest BCUT2D eigenvalue weighted by Crippen LogP contribution is 2.20. The Balaban J connectivity index is 1.46. The summed E-state index contributed by atoms with van der Waals surface area (Å²) in [5.41, 5.74) is 2.93. The van der Waals surface area contributed by atoms with E-state index < -0.39 is 6.10 Å². The summed E-state index contributed by atoms with van der Waals surface area (Å²) in [7, 11) is 0. The molecule has 30 heavy (non-hydrogen) atoms.